The van der Waals surface area contributed by atoms with Crippen molar-refractivity contribution in [2.75, 3.05) is 6.54 Å². The zero-order valence-electron chi connectivity index (χ0n) is 11.7. The van der Waals surface area contributed by atoms with E-state index in [1.54, 1.807) is 4.90 Å². The first-order chi connectivity index (χ1) is 10.1. The van der Waals surface area contributed by atoms with Crippen LogP contribution in [0.4, 0.5) is 13.2 Å². The van der Waals surface area contributed by atoms with Crippen LogP contribution in [0.2, 0.25) is 0 Å². The highest BCUT2D eigenvalue weighted by atomic mass is 19.2. The molecule has 0 spiro atoms. The molecular formula is C16H18F3NO. The van der Waals surface area contributed by atoms with E-state index in [0.29, 0.717) is 12.5 Å². The maximum atomic E-state index is 13.3. The highest BCUT2D eigenvalue weighted by molar-refractivity contribution is 5.94. The van der Waals surface area contributed by atoms with Gasteiger partial charge in [-0.3, -0.25) is 4.79 Å². The lowest BCUT2D eigenvalue weighted by molar-refractivity contribution is 0.0688. The Morgan fingerprint density at radius 1 is 1.00 bits per heavy atom. The summed E-state index contributed by atoms with van der Waals surface area (Å²) in [4.78, 5) is 14.2. The van der Waals surface area contributed by atoms with E-state index in [4.69, 9.17) is 0 Å². The van der Waals surface area contributed by atoms with Crippen molar-refractivity contribution in [1.82, 2.24) is 4.90 Å². The minimum Gasteiger partial charge on any atom is -0.335 e. The lowest BCUT2D eigenvalue weighted by Gasteiger charge is -2.29. The standard InChI is InChI=1S/C16H18F3NO/c17-12-8-11(9-13(18)15(12)19)16(21)20-7-3-6-14(20)10-4-1-2-5-10/h8-10,14H,1-7H2. The molecule has 0 aromatic heterocycles. The SMILES string of the molecule is O=C(c1cc(F)c(F)c(F)c1)N1CCCC1C1CCCC1. The number of rotatable bonds is 2. The lowest BCUT2D eigenvalue weighted by Crippen LogP contribution is -2.39. The monoisotopic (exact) mass is 297 g/mol. The summed E-state index contributed by atoms with van der Waals surface area (Å²) in [7, 11) is 0. The Bertz CT molecular complexity index is 531. The van der Waals surface area contributed by atoms with Gasteiger partial charge in [0.05, 0.1) is 0 Å². The lowest BCUT2D eigenvalue weighted by atomic mass is 9.95. The molecule has 1 aliphatic carbocycles. The normalized spacial score (nSPS) is 23.0. The molecule has 1 atom stereocenters. The van der Waals surface area contributed by atoms with Crippen LogP contribution in [-0.2, 0) is 0 Å². The molecule has 1 amide bonds. The summed E-state index contributed by atoms with van der Waals surface area (Å²) in [5, 5.41) is 0. The Labute approximate surface area is 121 Å². The van der Waals surface area contributed by atoms with E-state index >= 15 is 0 Å². The summed E-state index contributed by atoms with van der Waals surface area (Å²) < 4.78 is 39.6. The smallest absolute Gasteiger partial charge is 0.254 e. The van der Waals surface area contributed by atoms with E-state index in [0.717, 1.165) is 37.8 Å². The van der Waals surface area contributed by atoms with E-state index in [-0.39, 0.29) is 17.5 Å². The van der Waals surface area contributed by atoms with Crippen LogP contribution < -0.4 is 0 Å². The number of carbonyl (C=O) groups excluding carboxylic acids is 1. The Kier molecular flexibility index (Phi) is 3.91. The van der Waals surface area contributed by atoms with E-state index in [2.05, 4.69) is 0 Å². The van der Waals surface area contributed by atoms with E-state index < -0.39 is 17.5 Å². The van der Waals surface area contributed by atoms with Gasteiger partial charge in [-0.2, -0.15) is 0 Å². The number of hydrogen-bond acceptors (Lipinski definition) is 1. The fourth-order valence-electron chi connectivity index (χ4n) is 3.72. The van der Waals surface area contributed by atoms with Crippen molar-refractivity contribution in [3.05, 3.63) is 35.1 Å². The number of hydrogen-bond donors (Lipinski definition) is 0. The third-order valence-electron chi connectivity index (χ3n) is 4.73. The maximum absolute atomic E-state index is 13.3. The molecule has 2 aliphatic rings. The largest absolute Gasteiger partial charge is 0.335 e. The zero-order chi connectivity index (χ0) is 15.0. The minimum atomic E-state index is -1.53. The molecule has 1 aliphatic heterocycles. The number of amides is 1. The fourth-order valence-corrected chi connectivity index (χ4v) is 3.72. The molecule has 1 unspecified atom stereocenters. The van der Waals surface area contributed by atoms with Crippen LogP contribution in [0.1, 0.15) is 48.9 Å². The van der Waals surface area contributed by atoms with Crippen molar-refractivity contribution in [2.45, 2.75) is 44.6 Å². The second kappa shape index (κ2) is 5.70. The van der Waals surface area contributed by atoms with E-state index in [9.17, 15) is 18.0 Å². The van der Waals surface area contributed by atoms with Crippen molar-refractivity contribution < 1.29 is 18.0 Å². The number of nitrogens with zero attached hydrogens (tertiary/aromatic N) is 1. The highest BCUT2D eigenvalue weighted by Gasteiger charge is 2.36. The molecule has 1 heterocycles. The number of benzene rings is 1. The molecule has 1 saturated heterocycles. The van der Waals surface area contributed by atoms with Gasteiger partial charge in [0.2, 0.25) is 0 Å². The van der Waals surface area contributed by atoms with Gasteiger partial charge in [-0.15, -0.1) is 0 Å². The van der Waals surface area contributed by atoms with Gasteiger partial charge >= 0.3 is 0 Å². The summed E-state index contributed by atoms with van der Waals surface area (Å²) in [6.45, 7) is 0.612. The molecule has 0 radical (unpaired) electrons. The van der Waals surface area contributed by atoms with Crippen molar-refractivity contribution in [3.63, 3.8) is 0 Å². The highest BCUT2D eigenvalue weighted by Crippen LogP contribution is 2.36. The summed E-state index contributed by atoms with van der Waals surface area (Å²) in [6.07, 6.45) is 6.45. The van der Waals surface area contributed by atoms with Gasteiger partial charge in [-0.25, -0.2) is 13.2 Å². The first kappa shape index (κ1) is 14.4. The average Bonchev–Trinajstić information content (AvgIpc) is 3.13. The van der Waals surface area contributed by atoms with Gasteiger partial charge in [0.25, 0.3) is 5.91 Å². The number of halogens is 3. The van der Waals surface area contributed by atoms with Gasteiger partial charge in [0.1, 0.15) is 0 Å². The van der Waals surface area contributed by atoms with Crippen LogP contribution >= 0.6 is 0 Å². The van der Waals surface area contributed by atoms with Gasteiger partial charge in [0, 0.05) is 18.2 Å². The average molecular weight is 297 g/mol. The van der Waals surface area contributed by atoms with Crippen molar-refractivity contribution in [1.29, 1.82) is 0 Å². The van der Waals surface area contributed by atoms with Gasteiger partial charge < -0.3 is 4.90 Å². The molecule has 1 aromatic rings. The first-order valence-corrected chi connectivity index (χ1v) is 7.53. The first-order valence-electron chi connectivity index (χ1n) is 7.53. The number of carbonyl (C=O) groups is 1. The van der Waals surface area contributed by atoms with Crippen molar-refractivity contribution >= 4 is 5.91 Å². The Morgan fingerprint density at radius 3 is 2.24 bits per heavy atom. The van der Waals surface area contributed by atoms with Crippen LogP contribution in [0.5, 0.6) is 0 Å². The Morgan fingerprint density at radius 2 is 1.62 bits per heavy atom. The van der Waals surface area contributed by atoms with Gasteiger partial charge in [0.15, 0.2) is 17.5 Å². The molecule has 2 fully saturated rings. The van der Waals surface area contributed by atoms with Crippen molar-refractivity contribution in [3.8, 4) is 0 Å². The molecule has 1 aromatic carbocycles. The summed E-state index contributed by atoms with van der Waals surface area (Å²) in [6, 6.07) is 1.76. The Hall–Kier alpha value is -1.52. The molecule has 5 heteroatoms. The summed E-state index contributed by atoms with van der Waals surface area (Å²) in [5.74, 6) is -4.04. The predicted molar refractivity (Wildman–Crippen MR) is 72.3 cm³/mol. The predicted octanol–water partition coefficient (Wildman–Crippen LogP) is 3.90. The molecule has 114 valence electrons. The summed E-state index contributed by atoms with van der Waals surface area (Å²) in [5.41, 5.74) is -0.101. The molecule has 1 saturated carbocycles. The third kappa shape index (κ3) is 2.65. The van der Waals surface area contributed by atoms with E-state index in [1.807, 2.05) is 0 Å². The minimum absolute atomic E-state index is 0.101. The Balaban J connectivity index is 1.83. The van der Waals surface area contributed by atoms with Crippen LogP contribution in [0.25, 0.3) is 0 Å². The van der Waals surface area contributed by atoms with Gasteiger partial charge in [-0.05, 0) is 43.7 Å². The molecule has 0 bridgehead atoms. The summed E-state index contributed by atoms with van der Waals surface area (Å²) >= 11 is 0. The fraction of sp³-hybridized carbons (Fsp3) is 0.562. The topological polar surface area (TPSA) is 20.3 Å². The molecule has 21 heavy (non-hydrogen) atoms. The van der Waals surface area contributed by atoms with Gasteiger partial charge in [-0.1, -0.05) is 12.8 Å². The number of likely N-dealkylation sites (tertiary alicyclic amines) is 1. The molecule has 0 N–H and O–H groups in total. The second-order valence-corrected chi connectivity index (χ2v) is 6.01. The van der Waals surface area contributed by atoms with Crippen molar-refractivity contribution in [2.24, 2.45) is 5.92 Å². The second-order valence-electron chi connectivity index (χ2n) is 6.01. The van der Waals surface area contributed by atoms with Crippen LogP contribution in [0, 0.1) is 23.4 Å². The maximum Gasteiger partial charge on any atom is 0.254 e. The quantitative estimate of drug-likeness (QED) is 0.758. The van der Waals surface area contributed by atoms with E-state index in [1.165, 1.54) is 12.8 Å². The van der Waals surface area contributed by atoms with Crippen LogP contribution in [0.3, 0.4) is 0 Å². The molecule has 2 nitrogen and oxygen atoms in total. The third-order valence-corrected chi connectivity index (χ3v) is 4.73. The zero-order valence-corrected chi connectivity index (χ0v) is 11.7. The molecular weight excluding hydrogens is 279 g/mol. The molecule has 3 rings (SSSR count). The van der Waals surface area contributed by atoms with Crippen LogP contribution in [0.15, 0.2) is 12.1 Å². The van der Waals surface area contributed by atoms with Crippen LogP contribution in [-0.4, -0.2) is 23.4 Å².